The molecule has 0 aromatic heterocycles. The van der Waals surface area contributed by atoms with Gasteiger partial charge in [-0.05, 0) is 49.7 Å². The van der Waals surface area contributed by atoms with Gasteiger partial charge < -0.3 is 15.5 Å². The lowest BCUT2D eigenvalue weighted by atomic mass is 9.94. The molecule has 3 N–H and O–H groups in total. The smallest absolute Gasteiger partial charge is 0.123 e. The Morgan fingerprint density at radius 1 is 1.25 bits per heavy atom. The fourth-order valence-electron chi connectivity index (χ4n) is 1.90. The summed E-state index contributed by atoms with van der Waals surface area (Å²) in [7, 11) is 1.69. The van der Waals surface area contributed by atoms with Gasteiger partial charge in [0.2, 0.25) is 0 Å². The van der Waals surface area contributed by atoms with Crippen LogP contribution in [0.3, 0.4) is 0 Å². The van der Waals surface area contributed by atoms with Crippen molar-refractivity contribution in [1.82, 2.24) is 5.32 Å². The van der Waals surface area contributed by atoms with Gasteiger partial charge >= 0.3 is 0 Å². The number of hydrogen-bond donors (Lipinski definition) is 3. The molecule has 1 aromatic carbocycles. The van der Waals surface area contributed by atoms with Crippen molar-refractivity contribution in [3.05, 3.63) is 34.6 Å². The van der Waals surface area contributed by atoms with Crippen molar-refractivity contribution in [1.29, 1.82) is 0 Å². The number of hydrogen-bond acceptors (Lipinski definition) is 3. The van der Waals surface area contributed by atoms with E-state index in [4.69, 9.17) is 0 Å². The molecule has 2 atom stereocenters. The van der Waals surface area contributed by atoms with E-state index in [0.717, 1.165) is 0 Å². The van der Waals surface area contributed by atoms with Crippen LogP contribution in [0.5, 0.6) is 0 Å². The van der Waals surface area contributed by atoms with Gasteiger partial charge in [-0.1, -0.05) is 0 Å². The summed E-state index contributed by atoms with van der Waals surface area (Å²) < 4.78 is 13.1. The average molecular weight is 227 g/mol. The van der Waals surface area contributed by atoms with Crippen LogP contribution in [-0.2, 0) is 0 Å². The monoisotopic (exact) mass is 227 g/mol. The highest BCUT2D eigenvalue weighted by Gasteiger charge is 2.21. The molecule has 0 spiro atoms. The van der Waals surface area contributed by atoms with Gasteiger partial charge in [0.15, 0.2) is 0 Å². The minimum atomic E-state index is -0.993. The molecule has 0 saturated carbocycles. The molecule has 3 nitrogen and oxygen atoms in total. The Morgan fingerprint density at radius 3 is 2.19 bits per heavy atom. The SMILES string of the molecule is CNCC(O)C(O)c1c(C)cc(F)cc1C. The predicted molar refractivity (Wildman–Crippen MR) is 60.8 cm³/mol. The van der Waals surface area contributed by atoms with Crippen LogP contribution in [0, 0.1) is 19.7 Å². The fraction of sp³-hybridized carbons (Fsp3) is 0.500. The maximum Gasteiger partial charge on any atom is 0.123 e. The van der Waals surface area contributed by atoms with Crippen LogP contribution in [0.2, 0.25) is 0 Å². The van der Waals surface area contributed by atoms with Crippen molar-refractivity contribution < 1.29 is 14.6 Å². The normalized spacial score (nSPS) is 14.9. The summed E-state index contributed by atoms with van der Waals surface area (Å²) >= 11 is 0. The zero-order valence-electron chi connectivity index (χ0n) is 9.79. The van der Waals surface area contributed by atoms with Gasteiger partial charge in [-0.15, -0.1) is 0 Å². The zero-order chi connectivity index (χ0) is 12.3. The summed E-state index contributed by atoms with van der Waals surface area (Å²) in [5.74, 6) is -0.325. The van der Waals surface area contributed by atoms with Crippen LogP contribution < -0.4 is 5.32 Å². The quantitative estimate of drug-likeness (QED) is 0.721. The maximum atomic E-state index is 13.1. The highest BCUT2D eigenvalue weighted by Crippen LogP contribution is 2.25. The van der Waals surface area contributed by atoms with Crippen LogP contribution in [0.15, 0.2) is 12.1 Å². The third kappa shape index (κ3) is 2.78. The third-order valence-electron chi connectivity index (χ3n) is 2.63. The molecule has 0 aliphatic carbocycles. The van der Waals surface area contributed by atoms with E-state index >= 15 is 0 Å². The Hall–Kier alpha value is -0.970. The van der Waals surface area contributed by atoms with Crippen LogP contribution in [0.1, 0.15) is 22.8 Å². The molecule has 1 aromatic rings. The molecule has 4 heteroatoms. The lowest BCUT2D eigenvalue weighted by molar-refractivity contribution is 0.0194. The number of likely N-dealkylation sites (N-methyl/N-ethyl adjacent to an activating group) is 1. The maximum absolute atomic E-state index is 13.1. The summed E-state index contributed by atoms with van der Waals surface area (Å²) in [5, 5.41) is 22.4. The fourth-order valence-corrected chi connectivity index (χ4v) is 1.90. The van der Waals surface area contributed by atoms with E-state index in [1.54, 1.807) is 20.9 Å². The Bertz CT molecular complexity index is 345. The number of rotatable bonds is 4. The zero-order valence-corrected chi connectivity index (χ0v) is 9.79. The molecular formula is C12H18FNO2. The summed E-state index contributed by atoms with van der Waals surface area (Å²) in [6, 6.07) is 2.72. The Kier molecular flexibility index (Phi) is 4.41. The minimum absolute atomic E-state index is 0.289. The summed E-state index contributed by atoms with van der Waals surface area (Å²) in [6.45, 7) is 3.73. The number of halogens is 1. The molecular weight excluding hydrogens is 209 g/mol. The number of aryl methyl sites for hydroxylation is 2. The number of benzene rings is 1. The van der Waals surface area contributed by atoms with E-state index in [2.05, 4.69) is 5.32 Å². The first-order valence-electron chi connectivity index (χ1n) is 5.24. The topological polar surface area (TPSA) is 52.5 Å². The first kappa shape index (κ1) is 13.1. The highest BCUT2D eigenvalue weighted by atomic mass is 19.1. The molecule has 1 rings (SSSR count). The van der Waals surface area contributed by atoms with Crippen molar-refractivity contribution in [3.63, 3.8) is 0 Å². The first-order valence-corrected chi connectivity index (χ1v) is 5.24. The van der Waals surface area contributed by atoms with Gasteiger partial charge in [-0.3, -0.25) is 0 Å². The van der Waals surface area contributed by atoms with Crippen LogP contribution >= 0.6 is 0 Å². The van der Waals surface area contributed by atoms with Crippen LogP contribution in [-0.4, -0.2) is 29.9 Å². The van der Waals surface area contributed by atoms with Gasteiger partial charge in [0.25, 0.3) is 0 Å². The molecule has 16 heavy (non-hydrogen) atoms. The first-order chi connectivity index (χ1) is 7.47. The summed E-state index contributed by atoms with van der Waals surface area (Å²) in [4.78, 5) is 0. The van der Waals surface area contributed by atoms with Crippen molar-refractivity contribution in [2.45, 2.75) is 26.1 Å². The Labute approximate surface area is 94.9 Å². The largest absolute Gasteiger partial charge is 0.389 e. The van der Waals surface area contributed by atoms with Crippen molar-refractivity contribution >= 4 is 0 Å². The van der Waals surface area contributed by atoms with E-state index in [0.29, 0.717) is 16.7 Å². The second kappa shape index (κ2) is 5.39. The van der Waals surface area contributed by atoms with Gasteiger partial charge in [-0.2, -0.15) is 0 Å². The Balaban J connectivity index is 3.03. The molecule has 0 fully saturated rings. The molecule has 0 aliphatic rings. The Morgan fingerprint density at radius 2 is 1.75 bits per heavy atom. The molecule has 0 heterocycles. The molecule has 0 bridgehead atoms. The van der Waals surface area contributed by atoms with Gasteiger partial charge in [0.05, 0.1) is 6.10 Å². The third-order valence-corrected chi connectivity index (χ3v) is 2.63. The van der Waals surface area contributed by atoms with E-state index < -0.39 is 12.2 Å². The van der Waals surface area contributed by atoms with Crippen LogP contribution in [0.4, 0.5) is 4.39 Å². The minimum Gasteiger partial charge on any atom is -0.389 e. The summed E-state index contributed by atoms with van der Waals surface area (Å²) in [6.07, 6.45) is -1.89. The second-order valence-electron chi connectivity index (χ2n) is 4.02. The highest BCUT2D eigenvalue weighted by molar-refractivity contribution is 5.36. The van der Waals surface area contributed by atoms with Gasteiger partial charge in [0.1, 0.15) is 11.9 Å². The van der Waals surface area contributed by atoms with E-state index in [1.165, 1.54) is 12.1 Å². The number of nitrogens with one attached hydrogen (secondary N) is 1. The molecule has 2 unspecified atom stereocenters. The second-order valence-corrected chi connectivity index (χ2v) is 4.02. The lowest BCUT2D eigenvalue weighted by Crippen LogP contribution is -2.30. The van der Waals surface area contributed by atoms with Crippen molar-refractivity contribution in [2.24, 2.45) is 0 Å². The number of aliphatic hydroxyl groups excluding tert-OH is 2. The molecule has 90 valence electrons. The average Bonchev–Trinajstić information content (AvgIpc) is 2.16. The summed E-state index contributed by atoms with van der Waals surface area (Å²) in [5.41, 5.74) is 1.91. The van der Waals surface area contributed by atoms with Gasteiger partial charge in [0, 0.05) is 6.54 Å². The van der Waals surface area contributed by atoms with Crippen molar-refractivity contribution in [2.75, 3.05) is 13.6 Å². The lowest BCUT2D eigenvalue weighted by Gasteiger charge is -2.21. The molecule has 0 amide bonds. The molecule has 0 saturated heterocycles. The van der Waals surface area contributed by atoms with Gasteiger partial charge in [-0.25, -0.2) is 4.39 Å². The standard InChI is InChI=1S/C12H18FNO2/c1-7-4-9(13)5-8(2)11(7)12(16)10(15)6-14-3/h4-5,10,12,14-16H,6H2,1-3H3. The number of aliphatic hydroxyl groups is 2. The van der Waals surface area contributed by atoms with E-state index in [-0.39, 0.29) is 12.4 Å². The predicted octanol–water partition coefficient (Wildman–Crippen LogP) is 1.06. The van der Waals surface area contributed by atoms with Crippen molar-refractivity contribution in [3.8, 4) is 0 Å². The van der Waals surface area contributed by atoms with E-state index in [1.807, 2.05) is 0 Å². The van der Waals surface area contributed by atoms with E-state index in [9.17, 15) is 14.6 Å². The van der Waals surface area contributed by atoms with Crippen LogP contribution in [0.25, 0.3) is 0 Å². The molecule has 0 radical (unpaired) electrons. The molecule has 0 aliphatic heterocycles.